The number of halogens is 1. The predicted octanol–water partition coefficient (Wildman–Crippen LogP) is 3.10. The van der Waals surface area contributed by atoms with Crippen LogP contribution in [0.3, 0.4) is 0 Å². The van der Waals surface area contributed by atoms with Crippen molar-refractivity contribution in [3.63, 3.8) is 0 Å². The molecule has 28 heavy (non-hydrogen) atoms. The zero-order valence-electron chi connectivity index (χ0n) is 17.3. The molecule has 8 heteroatoms. The molecule has 6 nitrogen and oxygen atoms in total. The van der Waals surface area contributed by atoms with E-state index in [0.29, 0.717) is 6.54 Å². The van der Waals surface area contributed by atoms with Gasteiger partial charge in [-0.3, -0.25) is 9.79 Å². The van der Waals surface area contributed by atoms with Crippen molar-refractivity contribution in [2.24, 2.45) is 10.4 Å². The highest BCUT2D eigenvalue weighted by molar-refractivity contribution is 14.0. The molecular weight excluding hydrogens is 485 g/mol. The molecule has 1 amide bonds. The van der Waals surface area contributed by atoms with E-state index in [1.54, 1.807) is 16.2 Å². The van der Waals surface area contributed by atoms with Gasteiger partial charge in [-0.15, -0.1) is 35.3 Å². The van der Waals surface area contributed by atoms with E-state index < -0.39 is 0 Å². The molecule has 0 atom stereocenters. The number of hydrogen-bond acceptors (Lipinski definition) is 4. The molecule has 2 aliphatic rings. The normalized spacial score (nSPS) is 19.3. The maximum atomic E-state index is 12.8. The molecule has 1 aliphatic carbocycles. The van der Waals surface area contributed by atoms with Crippen molar-refractivity contribution in [1.82, 2.24) is 15.1 Å². The van der Waals surface area contributed by atoms with E-state index in [1.165, 1.54) is 5.00 Å². The maximum absolute atomic E-state index is 12.8. The third-order valence-corrected chi connectivity index (χ3v) is 6.61. The van der Waals surface area contributed by atoms with Crippen LogP contribution in [0.5, 0.6) is 0 Å². The van der Waals surface area contributed by atoms with Gasteiger partial charge in [0.25, 0.3) is 0 Å². The minimum atomic E-state index is -0.303. The van der Waals surface area contributed by atoms with E-state index in [4.69, 9.17) is 4.99 Å². The SMILES string of the molecule is CCNC(=NCC1(C(=O)N(C)C)CCCC1)N1CCN(c2cccs2)CC1.I. The Morgan fingerprint density at radius 1 is 1.25 bits per heavy atom. The van der Waals surface area contributed by atoms with Gasteiger partial charge >= 0.3 is 0 Å². The Labute approximate surface area is 190 Å². The van der Waals surface area contributed by atoms with Gasteiger partial charge in [0.2, 0.25) is 5.91 Å². The topological polar surface area (TPSA) is 51.2 Å². The van der Waals surface area contributed by atoms with E-state index in [9.17, 15) is 4.79 Å². The fourth-order valence-corrected chi connectivity index (χ4v) is 4.99. The second kappa shape index (κ2) is 10.7. The molecule has 3 rings (SSSR count). The lowest BCUT2D eigenvalue weighted by Crippen LogP contribution is -2.53. The summed E-state index contributed by atoms with van der Waals surface area (Å²) in [5.74, 6) is 1.20. The first-order valence-electron chi connectivity index (χ1n) is 10.1. The van der Waals surface area contributed by atoms with Crippen molar-refractivity contribution < 1.29 is 4.79 Å². The number of aliphatic imine (C=N–C) groups is 1. The largest absolute Gasteiger partial charge is 0.360 e. The molecule has 158 valence electrons. The number of anilines is 1. The van der Waals surface area contributed by atoms with Gasteiger partial charge in [0.1, 0.15) is 0 Å². The molecular formula is C20H34IN5OS. The quantitative estimate of drug-likeness (QED) is 0.369. The lowest BCUT2D eigenvalue weighted by molar-refractivity contribution is -0.138. The van der Waals surface area contributed by atoms with E-state index in [-0.39, 0.29) is 35.3 Å². The Morgan fingerprint density at radius 3 is 2.46 bits per heavy atom. The van der Waals surface area contributed by atoms with Crippen LogP contribution in [0.1, 0.15) is 32.6 Å². The van der Waals surface area contributed by atoms with Crippen molar-refractivity contribution in [3.8, 4) is 0 Å². The van der Waals surface area contributed by atoms with Crippen molar-refractivity contribution in [2.45, 2.75) is 32.6 Å². The van der Waals surface area contributed by atoms with Gasteiger partial charge in [-0.2, -0.15) is 0 Å². The summed E-state index contributed by atoms with van der Waals surface area (Å²) < 4.78 is 0. The summed E-state index contributed by atoms with van der Waals surface area (Å²) in [6.45, 7) is 7.47. The van der Waals surface area contributed by atoms with E-state index in [1.807, 2.05) is 14.1 Å². The van der Waals surface area contributed by atoms with Gasteiger partial charge in [0.15, 0.2) is 5.96 Å². The van der Waals surface area contributed by atoms with Crippen LogP contribution in [-0.4, -0.2) is 75.0 Å². The van der Waals surface area contributed by atoms with Crippen LogP contribution in [0.15, 0.2) is 22.5 Å². The highest BCUT2D eigenvalue weighted by Gasteiger charge is 2.42. The molecule has 1 saturated heterocycles. The van der Waals surface area contributed by atoms with E-state index >= 15 is 0 Å². The molecule has 2 heterocycles. The third kappa shape index (κ3) is 5.31. The summed E-state index contributed by atoms with van der Waals surface area (Å²) >= 11 is 1.80. The zero-order chi connectivity index (χ0) is 19.3. The van der Waals surface area contributed by atoms with Gasteiger partial charge in [0, 0.05) is 46.8 Å². The molecule has 0 unspecified atom stereocenters. The summed E-state index contributed by atoms with van der Waals surface area (Å²) in [4.78, 5) is 24.3. The van der Waals surface area contributed by atoms with Crippen LogP contribution in [0.4, 0.5) is 5.00 Å². The molecule has 1 aromatic heterocycles. The molecule has 1 aromatic rings. The second-order valence-corrected chi connectivity index (χ2v) is 8.71. The van der Waals surface area contributed by atoms with Gasteiger partial charge in [-0.25, -0.2) is 0 Å². The van der Waals surface area contributed by atoms with Gasteiger partial charge in [0.05, 0.1) is 17.0 Å². The Hall–Kier alpha value is -1.03. The number of carbonyl (C=O) groups is 1. The first kappa shape index (κ1) is 23.3. The minimum Gasteiger partial charge on any atom is -0.360 e. The molecule has 1 saturated carbocycles. The lowest BCUT2D eigenvalue weighted by Gasteiger charge is -2.37. The highest BCUT2D eigenvalue weighted by Crippen LogP contribution is 2.39. The monoisotopic (exact) mass is 519 g/mol. The van der Waals surface area contributed by atoms with E-state index in [0.717, 1.165) is 64.4 Å². The van der Waals surface area contributed by atoms with Crippen LogP contribution < -0.4 is 10.2 Å². The lowest BCUT2D eigenvalue weighted by atomic mass is 9.85. The second-order valence-electron chi connectivity index (χ2n) is 7.78. The first-order valence-corrected chi connectivity index (χ1v) is 11.0. The fourth-order valence-electron chi connectivity index (χ4n) is 4.21. The number of amides is 1. The summed E-state index contributed by atoms with van der Waals surface area (Å²) in [5, 5.41) is 6.93. The fraction of sp³-hybridized carbons (Fsp3) is 0.700. The van der Waals surface area contributed by atoms with Crippen molar-refractivity contribution >= 4 is 52.2 Å². The number of nitrogens with one attached hydrogen (secondary N) is 1. The summed E-state index contributed by atoms with van der Waals surface area (Å²) in [6, 6.07) is 4.30. The summed E-state index contributed by atoms with van der Waals surface area (Å²) in [5.41, 5.74) is -0.303. The first-order chi connectivity index (χ1) is 13.1. The van der Waals surface area contributed by atoms with Gasteiger partial charge < -0.3 is 20.0 Å². The average Bonchev–Trinajstić information content (AvgIpc) is 3.37. The van der Waals surface area contributed by atoms with E-state index in [2.05, 4.69) is 39.6 Å². The smallest absolute Gasteiger partial charge is 0.230 e. The minimum absolute atomic E-state index is 0. The molecule has 0 aromatic carbocycles. The Balaban J connectivity index is 0.00000280. The number of nitrogens with zero attached hydrogens (tertiary/aromatic N) is 4. The van der Waals surface area contributed by atoms with Crippen LogP contribution in [0, 0.1) is 5.41 Å². The molecule has 1 N–H and O–H groups in total. The van der Waals surface area contributed by atoms with Gasteiger partial charge in [-0.1, -0.05) is 12.8 Å². The molecule has 0 bridgehead atoms. The standard InChI is InChI=1S/C20H33N5OS.HI/c1-4-21-19(22-16-20(9-5-6-10-20)18(26)23(2)3)25-13-11-24(12-14-25)17-8-7-15-27-17;/h7-8,15H,4-6,9-14,16H2,1-3H3,(H,21,22);1H. The third-order valence-electron chi connectivity index (χ3n) is 5.68. The predicted molar refractivity (Wildman–Crippen MR) is 129 cm³/mol. The molecule has 1 aliphatic heterocycles. The summed E-state index contributed by atoms with van der Waals surface area (Å²) in [7, 11) is 3.72. The van der Waals surface area contributed by atoms with Crippen molar-refractivity contribution in [2.75, 3.05) is 58.3 Å². The summed E-state index contributed by atoms with van der Waals surface area (Å²) in [6.07, 6.45) is 4.18. The number of piperazine rings is 1. The molecule has 2 fully saturated rings. The molecule has 0 radical (unpaired) electrons. The maximum Gasteiger partial charge on any atom is 0.230 e. The zero-order valence-corrected chi connectivity index (χ0v) is 20.5. The Morgan fingerprint density at radius 2 is 1.93 bits per heavy atom. The van der Waals surface area contributed by atoms with Crippen molar-refractivity contribution in [3.05, 3.63) is 17.5 Å². The number of thiophene rings is 1. The van der Waals surface area contributed by atoms with Crippen LogP contribution in [0.2, 0.25) is 0 Å². The van der Waals surface area contributed by atoms with Crippen LogP contribution in [0.25, 0.3) is 0 Å². The highest BCUT2D eigenvalue weighted by atomic mass is 127. The number of guanidine groups is 1. The van der Waals surface area contributed by atoms with Crippen molar-refractivity contribution in [1.29, 1.82) is 0 Å². The average molecular weight is 519 g/mol. The Kier molecular flexibility index (Phi) is 8.85. The van der Waals surface area contributed by atoms with Crippen LogP contribution in [-0.2, 0) is 4.79 Å². The molecule has 0 spiro atoms. The number of hydrogen-bond donors (Lipinski definition) is 1. The van der Waals surface area contributed by atoms with Gasteiger partial charge in [-0.05, 0) is 37.3 Å². The number of carbonyl (C=O) groups excluding carboxylic acids is 1. The van der Waals surface area contributed by atoms with Crippen LogP contribution >= 0.6 is 35.3 Å². The Bertz CT molecular complexity index is 635. The number of rotatable bonds is 5.